The Balaban J connectivity index is 1.70. The van der Waals surface area contributed by atoms with Crippen LogP contribution in [0.3, 0.4) is 0 Å². The summed E-state index contributed by atoms with van der Waals surface area (Å²) in [5.41, 5.74) is 4.37. The monoisotopic (exact) mass is 343 g/mol. The summed E-state index contributed by atoms with van der Waals surface area (Å²) in [6.07, 6.45) is 0. The number of nitriles is 1. The summed E-state index contributed by atoms with van der Waals surface area (Å²) in [6, 6.07) is 18.2. The summed E-state index contributed by atoms with van der Waals surface area (Å²) in [4.78, 5) is 12.4. The minimum Gasteiger partial charge on any atom is -0.339 e. The molecule has 2 N–H and O–H groups in total. The maximum atomic E-state index is 12.4. The van der Waals surface area contributed by atoms with Crippen LogP contribution < -0.4 is 10.6 Å². The minimum atomic E-state index is -0.306. The van der Waals surface area contributed by atoms with Gasteiger partial charge in [0.2, 0.25) is 0 Å². The van der Waals surface area contributed by atoms with Gasteiger partial charge < -0.3 is 10.6 Å². The molecule has 3 aromatic rings. The second-order valence-corrected chi connectivity index (χ2v) is 5.84. The van der Waals surface area contributed by atoms with Crippen molar-refractivity contribution in [3.8, 4) is 6.07 Å². The number of para-hydroxylation sites is 1. The summed E-state index contributed by atoms with van der Waals surface area (Å²) in [5.74, 6) is 0.207. The Hall–Kier alpha value is -3.72. The number of aromatic nitrogens is 2. The highest BCUT2D eigenvalue weighted by Crippen LogP contribution is 2.20. The Bertz CT molecular complexity index is 952. The van der Waals surface area contributed by atoms with Gasteiger partial charge in [-0.3, -0.25) is 4.79 Å². The van der Waals surface area contributed by atoms with Gasteiger partial charge in [-0.15, -0.1) is 10.2 Å². The molecule has 0 spiro atoms. The fraction of sp³-hybridized carbons (Fsp3) is 0.100. The lowest BCUT2D eigenvalue weighted by Gasteiger charge is -2.11. The van der Waals surface area contributed by atoms with Crippen molar-refractivity contribution >= 4 is 23.1 Å². The molecule has 0 bridgehead atoms. The van der Waals surface area contributed by atoms with E-state index >= 15 is 0 Å². The highest BCUT2D eigenvalue weighted by atomic mass is 16.1. The molecule has 0 atom stereocenters. The number of aryl methyl sites for hydroxylation is 2. The van der Waals surface area contributed by atoms with Crippen LogP contribution in [0.4, 0.5) is 17.2 Å². The average Bonchev–Trinajstić information content (AvgIpc) is 2.66. The summed E-state index contributed by atoms with van der Waals surface area (Å²) >= 11 is 0. The highest BCUT2D eigenvalue weighted by molar-refractivity contribution is 6.03. The Labute approximate surface area is 151 Å². The van der Waals surface area contributed by atoms with E-state index in [0.717, 1.165) is 22.5 Å². The number of benzene rings is 2. The van der Waals surface area contributed by atoms with Crippen molar-refractivity contribution < 1.29 is 4.79 Å². The lowest BCUT2D eigenvalue weighted by Crippen LogP contribution is -2.16. The number of nitrogens with zero attached hydrogens (tertiary/aromatic N) is 3. The smallest absolute Gasteiger partial charge is 0.276 e. The standard InChI is InChI=1S/C20H17N5O/c1-13-4-3-5-14(2)19(13)23-20(26)17-10-11-18(25-24-17)22-16-8-6-15(12-21)7-9-16/h3-11H,1-2H3,(H,22,25)(H,23,26). The topological polar surface area (TPSA) is 90.7 Å². The van der Waals surface area contributed by atoms with Crippen molar-refractivity contribution in [3.63, 3.8) is 0 Å². The van der Waals surface area contributed by atoms with Crippen LogP contribution in [0, 0.1) is 25.2 Å². The lowest BCUT2D eigenvalue weighted by atomic mass is 10.1. The number of hydrogen-bond acceptors (Lipinski definition) is 5. The first-order chi connectivity index (χ1) is 12.6. The molecule has 3 rings (SSSR count). The van der Waals surface area contributed by atoms with Gasteiger partial charge in [0.15, 0.2) is 11.5 Å². The minimum absolute atomic E-state index is 0.234. The molecule has 1 aromatic heterocycles. The Morgan fingerprint density at radius 1 is 0.962 bits per heavy atom. The van der Waals surface area contributed by atoms with Gasteiger partial charge in [0.25, 0.3) is 5.91 Å². The molecule has 0 aliphatic carbocycles. The number of carbonyl (C=O) groups excluding carboxylic acids is 1. The van der Waals surface area contributed by atoms with Crippen molar-refractivity contribution in [2.24, 2.45) is 0 Å². The molecule has 1 amide bonds. The van der Waals surface area contributed by atoms with E-state index in [0.29, 0.717) is 11.4 Å². The Morgan fingerprint density at radius 3 is 2.23 bits per heavy atom. The summed E-state index contributed by atoms with van der Waals surface area (Å²) in [6.45, 7) is 3.89. The van der Waals surface area contributed by atoms with E-state index in [1.165, 1.54) is 0 Å². The quantitative estimate of drug-likeness (QED) is 0.748. The third kappa shape index (κ3) is 3.84. The van der Waals surface area contributed by atoms with Crippen molar-refractivity contribution in [3.05, 3.63) is 77.0 Å². The van der Waals surface area contributed by atoms with Gasteiger partial charge in [-0.05, 0) is 61.4 Å². The second-order valence-electron chi connectivity index (χ2n) is 5.84. The van der Waals surface area contributed by atoms with Crippen LogP contribution in [0.5, 0.6) is 0 Å². The lowest BCUT2D eigenvalue weighted by molar-refractivity contribution is 0.102. The fourth-order valence-electron chi connectivity index (χ4n) is 2.49. The van der Waals surface area contributed by atoms with Crippen molar-refractivity contribution in [2.75, 3.05) is 10.6 Å². The van der Waals surface area contributed by atoms with Gasteiger partial charge in [0.1, 0.15) is 0 Å². The van der Waals surface area contributed by atoms with Crippen LogP contribution >= 0.6 is 0 Å². The zero-order valence-corrected chi connectivity index (χ0v) is 14.4. The van der Waals surface area contributed by atoms with Crippen LogP contribution in [0.15, 0.2) is 54.6 Å². The molecule has 1 heterocycles. The highest BCUT2D eigenvalue weighted by Gasteiger charge is 2.11. The Kier molecular flexibility index (Phi) is 4.90. The molecule has 6 heteroatoms. The van der Waals surface area contributed by atoms with Gasteiger partial charge in [-0.25, -0.2) is 0 Å². The Morgan fingerprint density at radius 2 is 1.65 bits per heavy atom. The van der Waals surface area contributed by atoms with Gasteiger partial charge in [-0.1, -0.05) is 18.2 Å². The molecule has 0 aliphatic heterocycles. The van der Waals surface area contributed by atoms with E-state index < -0.39 is 0 Å². The van der Waals surface area contributed by atoms with Gasteiger partial charge >= 0.3 is 0 Å². The molecular formula is C20H17N5O. The zero-order valence-electron chi connectivity index (χ0n) is 14.4. The average molecular weight is 343 g/mol. The number of carbonyl (C=O) groups is 1. The molecule has 6 nitrogen and oxygen atoms in total. The summed E-state index contributed by atoms with van der Waals surface area (Å²) in [5, 5.41) is 22.8. The molecule has 0 aliphatic rings. The van der Waals surface area contributed by atoms with E-state index in [9.17, 15) is 4.79 Å². The summed E-state index contributed by atoms with van der Waals surface area (Å²) < 4.78 is 0. The summed E-state index contributed by atoms with van der Waals surface area (Å²) in [7, 11) is 0. The van der Waals surface area contributed by atoms with Crippen LogP contribution in [0.2, 0.25) is 0 Å². The predicted molar refractivity (Wildman–Crippen MR) is 100 cm³/mol. The first-order valence-electron chi connectivity index (χ1n) is 8.05. The molecule has 0 radical (unpaired) electrons. The largest absolute Gasteiger partial charge is 0.339 e. The SMILES string of the molecule is Cc1cccc(C)c1NC(=O)c1ccc(Nc2ccc(C#N)cc2)nn1. The zero-order chi connectivity index (χ0) is 18.5. The van der Waals surface area contributed by atoms with Crippen molar-refractivity contribution in [2.45, 2.75) is 13.8 Å². The van der Waals surface area contributed by atoms with E-state index in [1.807, 2.05) is 32.0 Å². The molecule has 2 aromatic carbocycles. The number of amides is 1. The first kappa shape index (κ1) is 17.1. The van der Waals surface area contributed by atoms with Gasteiger partial charge in [-0.2, -0.15) is 5.26 Å². The number of anilines is 3. The first-order valence-corrected chi connectivity index (χ1v) is 8.05. The van der Waals surface area contributed by atoms with Crippen LogP contribution in [0.25, 0.3) is 0 Å². The van der Waals surface area contributed by atoms with Crippen molar-refractivity contribution in [1.82, 2.24) is 10.2 Å². The second kappa shape index (κ2) is 7.45. The number of nitrogens with one attached hydrogen (secondary N) is 2. The fourth-order valence-corrected chi connectivity index (χ4v) is 2.49. The molecule has 0 unspecified atom stereocenters. The maximum absolute atomic E-state index is 12.4. The molecule has 0 saturated heterocycles. The van der Waals surface area contributed by atoms with E-state index in [-0.39, 0.29) is 11.6 Å². The molecule has 0 fully saturated rings. The molecule has 26 heavy (non-hydrogen) atoms. The molecule has 0 saturated carbocycles. The van der Waals surface area contributed by atoms with Crippen LogP contribution in [-0.2, 0) is 0 Å². The third-order valence-electron chi connectivity index (χ3n) is 3.90. The van der Waals surface area contributed by atoms with E-state index in [2.05, 4.69) is 26.9 Å². The van der Waals surface area contributed by atoms with E-state index in [4.69, 9.17) is 5.26 Å². The van der Waals surface area contributed by atoms with Gasteiger partial charge in [0, 0.05) is 11.4 Å². The van der Waals surface area contributed by atoms with Crippen LogP contribution in [-0.4, -0.2) is 16.1 Å². The normalized spacial score (nSPS) is 10.0. The van der Waals surface area contributed by atoms with Gasteiger partial charge in [0.05, 0.1) is 11.6 Å². The molecular weight excluding hydrogens is 326 g/mol. The molecule has 128 valence electrons. The predicted octanol–water partition coefficient (Wildman–Crippen LogP) is 3.96. The van der Waals surface area contributed by atoms with Crippen molar-refractivity contribution in [1.29, 1.82) is 5.26 Å². The third-order valence-corrected chi connectivity index (χ3v) is 3.90. The van der Waals surface area contributed by atoms with Crippen LogP contribution in [0.1, 0.15) is 27.2 Å². The van der Waals surface area contributed by atoms with E-state index in [1.54, 1.807) is 36.4 Å². The number of hydrogen-bond donors (Lipinski definition) is 2. The maximum Gasteiger partial charge on any atom is 0.276 e. The number of rotatable bonds is 4.